The first-order valence-electron chi connectivity index (χ1n) is 9.76. The second kappa shape index (κ2) is 10.9. The van der Waals surface area contributed by atoms with E-state index in [1.807, 2.05) is 24.3 Å². The summed E-state index contributed by atoms with van der Waals surface area (Å²) in [4.78, 5) is 31.0. The number of hydrogen-bond acceptors (Lipinski definition) is 5. The van der Waals surface area contributed by atoms with E-state index in [0.29, 0.717) is 5.69 Å². The molecule has 1 aromatic heterocycles. The molecule has 0 aliphatic carbocycles. The summed E-state index contributed by atoms with van der Waals surface area (Å²) in [6.45, 7) is 0.410. The molecule has 2 aromatic carbocycles. The molecule has 0 aliphatic heterocycles. The quantitative estimate of drug-likeness (QED) is 0.484. The third kappa shape index (κ3) is 5.82. The molecule has 160 valence electrons. The lowest BCUT2D eigenvalue weighted by atomic mass is 10.1. The molecule has 0 aliphatic rings. The van der Waals surface area contributed by atoms with Crippen LogP contribution in [0.4, 0.5) is 11.5 Å². The molecule has 6 nitrogen and oxygen atoms in total. The molecule has 1 heterocycles. The highest BCUT2D eigenvalue weighted by atomic mass is 35.5. The average Bonchev–Trinajstić information content (AvgIpc) is 2.78. The Hall–Kier alpha value is -2.93. The van der Waals surface area contributed by atoms with E-state index < -0.39 is 11.8 Å². The number of nitrogens with one attached hydrogen (secondary N) is 1. The predicted octanol–water partition coefficient (Wildman–Crippen LogP) is 4.57. The van der Waals surface area contributed by atoms with Gasteiger partial charge in [-0.15, -0.1) is 0 Å². The number of aryl methyl sites for hydroxylation is 1. The number of imide groups is 1. The van der Waals surface area contributed by atoms with Crippen LogP contribution in [0.5, 0.6) is 0 Å². The lowest BCUT2D eigenvalue weighted by Crippen LogP contribution is -2.41. The van der Waals surface area contributed by atoms with E-state index in [9.17, 15) is 9.59 Å². The molecule has 0 radical (unpaired) electrons. The topological polar surface area (TPSA) is 88.3 Å². The Morgan fingerprint density at radius 1 is 1.00 bits per heavy atom. The molecule has 0 atom stereocenters. The monoisotopic (exact) mass is 456 g/mol. The third-order valence-electron chi connectivity index (χ3n) is 4.59. The van der Waals surface area contributed by atoms with Crippen molar-refractivity contribution in [3.05, 3.63) is 88.0 Å². The van der Waals surface area contributed by atoms with Crippen LogP contribution >= 0.6 is 23.2 Å². The van der Waals surface area contributed by atoms with E-state index in [2.05, 4.69) is 10.3 Å². The fourth-order valence-corrected chi connectivity index (χ4v) is 3.67. The number of carbonyl (C=O) groups is 2. The van der Waals surface area contributed by atoms with Gasteiger partial charge in [0, 0.05) is 12.7 Å². The van der Waals surface area contributed by atoms with Gasteiger partial charge in [0.2, 0.25) is 5.91 Å². The molecule has 3 rings (SSSR count). The van der Waals surface area contributed by atoms with Crippen LogP contribution in [0.25, 0.3) is 0 Å². The third-order valence-corrected chi connectivity index (χ3v) is 5.22. The Labute approximate surface area is 191 Å². The van der Waals surface area contributed by atoms with Gasteiger partial charge in [-0.3, -0.25) is 9.59 Å². The smallest absolute Gasteiger partial charge is 0.268 e. The van der Waals surface area contributed by atoms with Crippen molar-refractivity contribution in [3.8, 4) is 0 Å². The van der Waals surface area contributed by atoms with Gasteiger partial charge in [0.25, 0.3) is 5.91 Å². The number of hydrogen-bond donors (Lipinski definition) is 2. The van der Waals surface area contributed by atoms with Gasteiger partial charge in [-0.2, -0.15) is 0 Å². The number of halogens is 2. The van der Waals surface area contributed by atoms with Crippen molar-refractivity contribution in [1.29, 1.82) is 0 Å². The maximum atomic E-state index is 13.2. The summed E-state index contributed by atoms with van der Waals surface area (Å²) in [6.07, 6.45) is 3.33. The maximum Gasteiger partial charge on any atom is 0.268 e. The van der Waals surface area contributed by atoms with Gasteiger partial charge in [-0.1, -0.05) is 47.5 Å². The first-order valence-corrected chi connectivity index (χ1v) is 10.5. The number of rotatable bonds is 8. The van der Waals surface area contributed by atoms with Gasteiger partial charge in [-0.05, 0) is 54.8 Å². The van der Waals surface area contributed by atoms with Gasteiger partial charge in [-0.25, -0.2) is 9.88 Å². The highest BCUT2D eigenvalue weighted by molar-refractivity contribution is 6.41. The fraction of sp³-hybridized carbons (Fsp3) is 0.174. The largest absolute Gasteiger partial charge is 0.370 e. The van der Waals surface area contributed by atoms with E-state index in [1.54, 1.807) is 42.6 Å². The summed E-state index contributed by atoms with van der Waals surface area (Å²) < 4.78 is 0. The zero-order valence-corrected chi connectivity index (χ0v) is 18.2. The molecule has 0 saturated heterocycles. The zero-order chi connectivity index (χ0) is 22.2. The van der Waals surface area contributed by atoms with Gasteiger partial charge < -0.3 is 11.1 Å². The number of pyridine rings is 1. The number of aromatic nitrogens is 1. The molecule has 3 aromatic rings. The number of carbonyl (C=O) groups excluding carboxylic acids is 2. The van der Waals surface area contributed by atoms with Gasteiger partial charge in [0.1, 0.15) is 5.82 Å². The normalized spacial score (nSPS) is 10.5. The Morgan fingerprint density at radius 3 is 2.42 bits per heavy atom. The van der Waals surface area contributed by atoms with Crippen LogP contribution in [0.3, 0.4) is 0 Å². The van der Waals surface area contributed by atoms with Crippen LogP contribution in [-0.4, -0.2) is 29.9 Å². The van der Waals surface area contributed by atoms with Crippen molar-refractivity contribution in [3.63, 3.8) is 0 Å². The molecule has 0 unspecified atom stereocenters. The highest BCUT2D eigenvalue weighted by Crippen LogP contribution is 2.28. The Balaban J connectivity index is 1.76. The average molecular weight is 457 g/mol. The summed E-state index contributed by atoms with van der Waals surface area (Å²) in [5.41, 5.74) is 7.04. The SMILES string of the molecule is NCC(=O)N(C(=O)c1c(Cl)cccc1Cl)c1cccc(CCCNc2ccccn2)c1. The summed E-state index contributed by atoms with van der Waals surface area (Å²) in [6, 6.07) is 17.7. The van der Waals surface area contributed by atoms with E-state index >= 15 is 0 Å². The molecule has 0 bridgehead atoms. The number of nitrogens with zero attached hydrogens (tertiary/aromatic N) is 2. The Morgan fingerprint density at radius 2 is 1.74 bits per heavy atom. The summed E-state index contributed by atoms with van der Waals surface area (Å²) in [5.74, 6) is -0.340. The molecule has 0 spiro atoms. The molecule has 31 heavy (non-hydrogen) atoms. The number of anilines is 2. The lowest BCUT2D eigenvalue weighted by molar-refractivity contribution is -0.116. The van der Waals surface area contributed by atoms with Crippen LogP contribution in [0, 0.1) is 0 Å². The van der Waals surface area contributed by atoms with Crippen molar-refractivity contribution in [2.75, 3.05) is 23.3 Å². The van der Waals surface area contributed by atoms with E-state index in [1.165, 1.54) is 0 Å². The van der Waals surface area contributed by atoms with Crippen molar-refractivity contribution in [1.82, 2.24) is 4.98 Å². The maximum absolute atomic E-state index is 13.2. The van der Waals surface area contributed by atoms with Crippen LogP contribution in [0.2, 0.25) is 10.0 Å². The number of amides is 2. The summed E-state index contributed by atoms with van der Waals surface area (Å²) in [5, 5.41) is 3.60. The fourth-order valence-electron chi connectivity index (χ4n) is 3.11. The van der Waals surface area contributed by atoms with Crippen molar-refractivity contribution in [2.45, 2.75) is 12.8 Å². The predicted molar refractivity (Wildman–Crippen MR) is 125 cm³/mol. The van der Waals surface area contributed by atoms with Crippen molar-refractivity contribution >= 4 is 46.5 Å². The second-order valence-corrected chi connectivity index (χ2v) is 7.56. The van der Waals surface area contributed by atoms with Crippen molar-refractivity contribution in [2.24, 2.45) is 5.73 Å². The zero-order valence-electron chi connectivity index (χ0n) is 16.7. The van der Waals surface area contributed by atoms with Crippen LogP contribution in [-0.2, 0) is 11.2 Å². The van der Waals surface area contributed by atoms with Crippen LogP contribution < -0.4 is 16.0 Å². The number of benzene rings is 2. The minimum Gasteiger partial charge on any atom is -0.370 e. The van der Waals surface area contributed by atoms with Crippen LogP contribution in [0.1, 0.15) is 22.3 Å². The molecular weight excluding hydrogens is 435 g/mol. The highest BCUT2D eigenvalue weighted by Gasteiger charge is 2.27. The van der Waals surface area contributed by atoms with E-state index in [-0.39, 0.29) is 22.2 Å². The van der Waals surface area contributed by atoms with Gasteiger partial charge in [0.15, 0.2) is 0 Å². The first-order chi connectivity index (χ1) is 15.0. The lowest BCUT2D eigenvalue weighted by Gasteiger charge is -2.22. The second-order valence-electron chi connectivity index (χ2n) is 6.75. The van der Waals surface area contributed by atoms with Gasteiger partial charge >= 0.3 is 0 Å². The molecule has 3 N–H and O–H groups in total. The van der Waals surface area contributed by atoms with Crippen LogP contribution in [0.15, 0.2) is 66.9 Å². The molecule has 8 heteroatoms. The van der Waals surface area contributed by atoms with Crippen molar-refractivity contribution < 1.29 is 9.59 Å². The molecule has 0 fully saturated rings. The number of nitrogens with two attached hydrogens (primary N) is 1. The van der Waals surface area contributed by atoms with E-state index in [4.69, 9.17) is 28.9 Å². The minimum atomic E-state index is -0.611. The Bertz CT molecular complexity index is 1040. The first kappa shape index (κ1) is 22.7. The standard InChI is InChI=1S/C23H22Cl2N4O2/c24-18-9-4-10-19(25)22(18)23(31)29(21(30)15-26)17-8-3-6-16(14-17)7-5-13-28-20-11-1-2-12-27-20/h1-4,6,8-12,14H,5,7,13,15,26H2,(H,27,28). The summed E-state index contributed by atoms with van der Waals surface area (Å²) >= 11 is 12.4. The summed E-state index contributed by atoms with van der Waals surface area (Å²) in [7, 11) is 0. The molecule has 2 amide bonds. The Kier molecular flexibility index (Phi) is 8.00. The van der Waals surface area contributed by atoms with Gasteiger partial charge in [0.05, 0.1) is 27.8 Å². The minimum absolute atomic E-state index is 0.0672. The molecule has 0 saturated carbocycles. The molecular formula is C23H22Cl2N4O2. The van der Waals surface area contributed by atoms with E-state index in [0.717, 1.165) is 35.7 Å².